The summed E-state index contributed by atoms with van der Waals surface area (Å²) in [5, 5.41) is 2.00. The second kappa shape index (κ2) is 8.55. The summed E-state index contributed by atoms with van der Waals surface area (Å²) in [6.45, 7) is 1.04. The third-order valence-corrected chi connectivity index (χ3v) is 4.24. The highest BCUT2D eigenvalue weighted by Gasteiger charge is 2.32. The first kappa shape index (κ1) is 21.6. The molecule has 0 aliphatic rings. The minimum Gasteiger partial charge on any atom is -0.497 e. The third-order valence-electron chi connectivity index (χ3n) is 3.96. The summed E-state index contributed by atoms with van der Waals surface area (Å²) in [6.07, 6.45) is -4.14. The molecule has 1 aromatic carbocycles. The Bertz CT molecular complexity index is 928. The van der Waals surface area contributed by atoms with Crippen LogP contribution in [-0.4, -0.2) is 24.7 Å². The first-order valence-electron chi connectivity index (χ1n) is 8.05. The Morgan fingerprint density at radius 3 is 2.50 bits per heavy atom. The topological polar surface area (TPSA) is 69.6 Å². The van der Waals surface area contributed by atoms with Crippen LogP contribution in [0.3, 0.4) is 0 Å². The number of methoxy groups -OCH3 is 2. The summed E-state index contributed by atoms with van der Waals surface area (Å²) in [5.41, 5.74) is -1.41. The Labute approximate surface area is 163 Å². The number of carbonyl (C=O) groups excluding carboxylic acids is 1. The van der Waals surface area contributed by atoms with E-state index in [0.717, 1.165) is 0 Å². The summed E-state index contributed by atoms with van der Waals surface area (Å²) >= 11 is 5.59. The van der Waals surface area contributed by atoms with E-state index in [1.807, 2.05) is 0 Å². The smallest absolute Gasteiger partial charge is 0.417 e. The number of rotatable bonds is 6. The van der Waals surface area contributed by atoms with Crippen molar-refractivity contribution in [1.82, 2.24) is 9.88 Å². The van der Waals surface area contributed by atoms with E-state index in [4.69, 9.17) is 21.1 Å². The van der Waals surface area contributed by atoms with E-state index in [1.54, 1.807) is 25.1 Å². The van der Waals surface area contributed by atoms with E-state index in [1.165, 1.54) is 14.2 Å². The van der Waals surface area contributed by atoms with Crippen molar-refractivity contribution in [2.24, 2.45) is 0 Å². The Morgan fingerprint density at radius 1 is 1.25 bits per heavy atom. The highest BCUT2D eigenvalue weighted by molar-refractivity contribution is 6.30. The molecular weight excluding hydrogens is 401 g/mol. The Hall–Kier alpha value is -2.68. The van der Waals surface area contributed by atoms with Gasteiger partial charge >= 0.3 is 6.18 Å². The fourth-order valence-corrected chi connectivity index (χ4v) is 2.80. The van der Waals surface area contributed by atoms with Crippen molar-refractivity contribution in [3.05, 3.63) is 57.0 Å². The number of amides is 1. The molecular formula is C18H18ClF3N2O4. The number of aromatic nitrogens is 1. The molecule has 6 nitrogen and oxygen atoms in total. The van der Waals surface area contributed by atoms with Crippen LogP contribution in [0.25, 0.3) is 0 Å². The van der Waals surface area contributed by atoms with Crippen molar-refractivity contribution in [3.8, 4) is 11.5 Å². The molecule has 0 aliphatic carbocycles. The number of nitrogens with one attached hydrogen (secondary N) is 1. The summed E-state index contributed by atoms with van der Waals surface area (Å²) in [5.74, 6) is 0.362. The minimum absolute atomic E-state index is 0.493. The van der Waals surface area contributed by atoms with Crippen LogP contribution < -0.4 is 20.3 Å². The molecule has 0 saturated heterocycles. The van der Waals surface area contributed by atoms with Crippen molar-refractivity contribution < 1.29 is 27.4 Å². The molecule has 0 saturated carbocycles. The summed E-state index contributed by atoms with van der Waals surface area (Å²) in [7, 11) is 2.95. The zero-order valence-electron chi connectivity index (χ0n) is 15.3. The van der Waals surface area contributed by atoms with Gasteiger partial charge in [-0.15, -0.1) is 0 Å². The largest absolute Gasteiger partial charge is 0.497 e. The maximum atomic E-state index is 12.9. The molecule has 0 radical (unpaired) electrons. The number of nitrogens with zero attached hydrogens (tertiary/aromatic N) is 1. The number of alkyl halides is 3. The Morgan fingerprint density at radius 2 is 1.93 bits per heavy atom. The average Bonchev–Trinajstić information content (AvgIpc) is 2.63. The van der Waals surface area contributed by atoms with Crippen molar-refractivity contribution in [3.63, 3.8) is 0 Å². The minimum atomic E-state index is -4.70. The van der Waals surface area contributed by atoms with Crippen LogP contribution in [0.4, 0.5) is 13.2 Å². The first-order chi connectivity index (χ1) is 13.1. The predicted molar refractivity (Wildman–Crippen MR) is 96.8 cm³/mol. The van der Waals surface area contributed by atoms with Gasteiger partial charge in [-0.05, 0) is 31.2 Å². The Kier molecular flexibility index (Phi) is 6.60. The fourth-order valence-electron chi connectivity index (χ4n) is 2.57. The number of pyridine rings is 1. The molecule has 2 aromatic rings. The lowest BCUT2D eigenvalue weighted by Crippen LogP contribution is -2.34. The maximum Gasteiger partial charge on any atom is 0.417 e. The summed E-state index contributed by atoms with van der Waals surface area (Å²) in [6, 6.07) is 4.98. The monoisotopic (exact) mass is 418 g/mol. The van der Waals surface area contributed by atoms with E-state index in [0.29, 0.717) is 33.9 Å². The van der Waals surface area contributed by atoms with Gasteiger partial charge < -0.3 is 19.4 Å². The van der Waals surface area contributed by atoms with E-state index >= 15 is 0 Å². The van der Waals surface area contributed by atoms with Crippen LogP contribution in [0, 0.1) is 0 Å². The molecule has 1 unspecified atom stereocenters. The molecule has 28 heavy (non-hydrogen) atoms. The number of benzene rings is 1. The van der Waals surface area contributed by atoms with Gasteiger partial charge in [0.15, 0.2) is 0 Å². The van der Waals surface area contributed by atoms with E-state index in [2.05, 4.69) is 5.32 Å². The second-order valence-corrected chi connectivity index (χ2v) is 6.31. The van der Waals surface area contributed by atoms with Crippen LogP contribution in [0.2, 0.25) is 5.02 Å². The first-order valence-corrected chi connectivity index (χ1v) is 8.43. The van der Waals surface area contributed by atoms with Crippen LogP contribution in [-0.2, 0) is 17.5 Å². The lowest BCUT2D eigenvalue weighted by Gasteiger charge is -2.19. The Balaban J connectivity index is 2.23. The van der Waals surface area contributed by atoms with Gasteiger partial charge in [-0.1, -0.05) is 11.6 Å². The van der Waals surface area contributed by atoms with Crippen molar-refractivity contribution in [1.29, 1.82) is 0 Å². The van der Waals surface area contributed by atoms with Crippen LogP contribution in [0.5, 0.6) is 11.5 Å². The van der Waals surface area contributed by atoms with Gasteiger partial charge in [0, 0.05) is 11.8 Å². The molecule has 152 valence electrons. The lowest BCUT2D eigenvalue weighted by molar-refractivity contribution is -0.138. The van der Waals surface area contributed by atoms with Crippen molar-refractivity contribution >= 4 is 17.5 Å². The number of carbonyl (C=O) groups is 1. The molecule has 1 heterocycles. The van der Waals surface area contributed by atoms with E-state index in [-0.39, 0.29) is 0 Å². The standard InChI is InChI=1S/C18H18ClF3N2O4/c1-10(13-7-12(27-2)4-5-15(13)28-3)23-16(25)9-24-8-11(18(20,21)22)6-14(19)17(24)26/h4-8,10H,9H2,1-3H3,(H,23,25). The normalized spacial score (nSPS) is 12.4. The van der Waals surface area contributed by atoms with E-state index in [9.17, 15) is 22.8 Å². The molecule has 0 bridgehead atoms. The van der Waals surface area contributed by atoms with E-state index < -0.39 is 40.8 Å². The maximum absolute atomic E-state index is 12.9. The number of hydrogen-bond donors (Lipinski definition) is 1. The highest BCUT2D eigenvalue weighted by atomic mass is 35.5. The van der Waals surface area contributed by atoms with Crippen LogP contribution in [0.1, 0.15) is 24.1 Å². The predicted octanol–water partition coefficient (Wildman–Crippen LogP) is 3.42. The van der Waals surface area contributed by atoms with Gasteiger partial charge in [-0.25, -0.2) is 0 Å². The molecule has 1 aromatic heterocycles. The average molecular weight is 419 g/mol. The summed E-state index contributed by atoms with van der Waals surface area (Å²) in [4.78, 5) is 24.3. The lowest BCUT2D eigenvalue weighted by atomic mass is 10.1. The van der Waals surface area contributed by atoms with Crippen molar-refractivity contribution in [2.45, 2.75) is 25.7 Å². The molecule has 1 atom stereocenters. The van der Waals surface area contributed by atoms with Gasteiger partial charge in [-0.3, -0.25) is 9.59 Å². The van der Waals surface area contributed by atoms with Gasteiger partial charge in [0.1, 0.15) is 23.1 Å². The van der Waals surface area contributed by atoms with Crippen LogP contribution >= 0.6 is 11.6 Å². The van der Waals surface area contributed by atoms with Gasteiger partial charge in [-0.2, -0.15) is 13.2 Å². The molecule has 10 heteroatoms. The van der Waals surface area contributed by atoms with Crippen LogP contribution in [0.15, 0.2) is 35.3 Å². The van der Waals surface area contributed by atoms with Crippen molar-refractivity contribution in [2.75, 3.05) is 14.2 Å². The zero-order valence-corrected chi connectivity index (χ0v) is 16.0. The summed E-state index contributed by atoms with van der Waals surface area (Å²) < 4.78 is 49.7. The highest BCUT2D eigenvalue weighted by Crippen LogP contribution is 2.30. The second-order valence-electron chi connectivity index (χ2n) is 5.90. The molecule has 0 spiro atoms. The third kappa shape index (κ3) is 4.98. The van der Waals surface area contributed by atoms with Gasteiger partial charge in [0.25, 0.3) is 5.56 Å². The quantitative estimate of drug-likeness (QED) is 0.780. The molecule has 1 N–H and O–H groups in total. The molecule has 1 amide bonds. The molecule has 2 rings (SSSR count). The SMILES string of the molecule is COc1ccc(OC)c(C(C)NC(=O)Cn2cc(C(F)(F)F)cc(Cl)c2=O)c1. The fraction of sp³-hybridized carbons (Fsp3) is 0.333. The molecule has 0 aliphatic heterocycles. The molecule has 0 fully saturated rings. The number of ether oxygens (including phenoxy) is 2. The number of halogens is 4. The van der Waals surface area contributed by atoms with Gasteiger partial charge in [0.2, 0.25) is 5.91 Å². The zero-order chi connectivity index (χ0) is 21.1. The van der Waals surface area contributed by atoms with Gasteiger partial charge in [0.05, 0.1) is 25.8 Å². The number of hydrogen-bond acceptors (Lipinski definition) is 4.